The fourth-order valence-electron chi connectivity index (χ4n) is 6.01. The van der Waals surface area contributed by atoms with Crippen LogP contribution in [-0.2, 0) is 16.1 Å². The highest BCUT2D eigenvalue weighted by Gasteiger charge is 2.54. The van der Waals surface area contributed by atoms with Gasteiger partial charge in [-0.15, -0.1) is 0 Å². The summed E-state index contributed by atoms with van der Waals surface area (Å²) in [6, 6.07) is 14.9. The number of rotatable bonds is 4. The van der Waals surface area contributed by atoms with Crippen LogP contribution in [0.2, 0.25) is 0 Å². The Hall–Kier alpha value is -2.40. The van der Waals surface area contributed by atoms with Crippen LogP contribution in [0.3, 0.4) is 0 Å². The van der Waals surface area contributed by atoms with E-state index in [2.05, 4.69) is 47.4 Å². The van der Waals surface area contributed by atoms with Crippen LogP contribution < -0.4 is 0 Å². The molecule has 29 heavy (non-hydrogen) atoms. The summed E-state index contributed by atoms with van der Waals surface area (Å²) in [4.78, 5) is 29.3. The Morgan fingerprint density at radius 2 is 1.59 bits per heavy atom. The first-order valence-corrected chi connectivity index (χ1v) is 10.8. The van der Waals surface area contributed by atoms with Crippen LogP contribution in [0.4, 0.5) is 0 Å². The van der Waals surface area contributed by atoms with Gasteiger partial charge < -0.3 is 10.0 Å². The summed E-state index contributed by atoms with van der Waals surface area (Å²) in [5, 5.41) is 12.2. The molecule has 0 spiro atoms. The Balaban J connectivity index is 1.24. The van der Waals surface area contributed by atoms with Gasteiger partial charge in [-0.25, -0.2) is 0 Å². The number of fused-ring (bicyclic) bond motifs is 3. The average Bonchev–Trinajstić information content (AvgIpc) is 3.36. The van der Waals surface area contributed by atoms with Crippen molar-refractivity contribution in [3.05, 3.63) is 48.0 Å². The van der Waals surface area contributed by atoms with Crippen LogP contribution in [-0.4, -0.2) is 53.0 Å². The number of nitrogens with zero attached hydrogens (tertiary/aromatic N) is 2. The molecule has 1 saturated heterocycles. The maximum absolute atomic E-state index is 13.2. The smallest absolute Gasteiger partial charge is 0.307 e. The molecule has 5 nitrogen and oxygen atoms in total. The third kappa shape index (κ3) is 3.31. The Kier molecular flexibility index (Phi) is 4.78. The molecule has 0 aromatic heterocycles. The fraction of sp³-hybridized carbons (Fsp3) is 0.500. The van der Waals surface area contributed by atoms with E-state index in [1.165, 1.54) is 16.3 Å². The van der Waals surface area contributed by atoms with E-state index in [0.29, 0.717) is 13.1 Å². The predicted molar refractivity (Wildman–Crippen MR) is 111 cm³/mol. The van der Waals surface area contributed by atoms with Crippen LogP contribution in [0, 0.1) is 23.7 Å². The standard InChI is InChI=1S/C24H28N2O3/c27-23(21-17-8-9-18(14-17)22(21)24(28)29)26-12-10-25(11-13-26)15-19-6-3-5-16-4-1-2-7-20(16)19/h1-7,17-18,21-22H,8-15H2,(H,28,29)/t17-,18-,21-,22+/m0/s1. The summed E-state index contributed by atoms with van der Waals surface area (Å²) in [5.74, 6) is -0.952. The van der Waals surface area contributed by atoms with Crippen LogP contribution in [0.5, 0.6) is 0 Å². The van der Waals surface area contributed by atoms with E-state index in [1.54, 1.807) is 0 Å². The monoisotopic (exact) mass is 392 g/mol. The Bertz CT molecular complexity index is 929. The topological polar surface area (TPSA) is 60.9 Å². The van der Waals surface area contributed by atoms with Crippen LogP contribution >= 0.6 is 0 Å². The van der Waals surface area contributed by atoms with Gasteiger partial charge in [0.05, 0.1) is 11.8 Å². The van der Waals surface area contributed by atoms with Gasteiger partial charge >= 0.3 is 5.97 Å². The van der Waals surface area contributed by atoms with Gasteiger partial charge in [-0.05, 0) is 47.4 Å². The van der Waals surface area contributed by atoms with Gasteiger partial charge in [0, 0.05) is 32.7 Å². The number of piperazine rings is 1. The molecule has 3 fully saturated rings. The first-order chi connectivity index (χ1) is 14.1. The van der Waals surface area contributed by atoms with Crippen LogP contribution in [0.1, 0.15) is 24.8 Å². The van der Waals surface area contributed by atoms with Crippen LogP contribution in [0.15, 0.2) is 42.5 Å². The van der Waals surface area contributed by atoms with Crippen molar-refractivity contribution >= 4 is 22.6 Å². The highest BCUT2D eigenvalue weighted by atomic mass is 16.4. The van der Waals surface area contributed by atoms with E-state index in [4.69, 9.17) is 0 Å². The molecule has 1 heterocycles. The van der Waals surface area contributed by atoms with Gasteiger partial charge in [0.2, 0.25) is 5.91 Å². The van der Waals surface area contributed by atoms with Crippen molar-refractivity contribution in [3.8, 4) is 0 Å². The molecule has 2 saturated carbocycles. The first kappa shape index (κ1) is 18.6. The van der Waals surface area contributed by atoms with Crippen molar-refractivity contribution < 1.29 is 14.7 Å². The molecule has 5 heteroatoms. The molecule has 4 atom stereocenters. The van der Waals surface area contributed by atoms with Crippen molar-refractivity contribution in [2.75, 3.05) is 26.2 Å². The minimum Gasteiger partial charge on any atom is -0.481 e. The van der Waals surface area contributed by atoms with Crippen LogP contribution in [0.25, 0.3) is 10.8 Å². The van der Waals surface area contributed by atoms with Gasteiger partial charge in [-0.3, -0.25) is 14.5 Å². The first-order valence-electron chi connectivity index (χ1n) is 10.8. The summed E-state index contributed by atoms with van der Waals surface area (Å²) in [5.41, 5.74) is 1.32. The largest absolute Gasteiger partial charge is 0.481 e. The van der Waals surface area contributed by atoms with Crippen molar-refractivity contribution in [1.82, 2.24) is 9.80 Å². The number of aliphatic carboxylic acids is 1. The SMILES string of the molecule is O=C(O)[C@@H]1[C@H]2CC[C@@H](C2)[C@@H]1C(=O)N1CCN(Cc2cccc3ccccc23)CC1. The van der Waals surface area contributed by atoms with Gasteiger partial charge in [-0.1, -0.05) is 42.5 Å². The lowest BCUT2D eigenvalue weighted by Crippen LogP contribution is -2.52. The summed E-state index contributed by atoms with van der Waals surface area (Å²) in [6.07, 6.45) is 2.92. The second-order valence-electron chi connectivity index (χ2n) is 8.96. The molecule has 152 valence electrons. The zero-order valence-electron chi connectivity index (χ0n) is 16.7. The van der Waals surface area contributed by atoms with E-state index in [1.807, 2.05) is 4.90 Å². The molecule has 1 N–H and O–H groups in total. The van der Waals surface area contributed by atoms with Crippen molar-refractivity contribution in [1.29, 1.82) is 0 Å². The summed E-state index contributed by atoms with van der Waals surface area (Å²) < 4.78 is 0. The molecule has 2 aromatic carbocycles. The summed E-state index contributed by atoms with van der Waals surface area (Å²) in [6.45, 7) is 3.96. The molecular formula is C24H28N2O3. The maximum atomic E-state index is 13.2. The lowest BCUT2D eigenvalue weighted by atomic mass is 9.78. The second kappa shape index (κ2) is 7.45. The zero-order valence-corrected chi connectivity index (χ0v) is 16.7. The zero-order chi connectivity index (χ0) is 20.0. The molecule has 1 aliphatic heterocycles. The van der Waals surface area contributed by atoms with Crippen molar-refractivity contribution in [3.63, 3.8) is 0 Å². The quantitative estimate of drug-likeness (QED) is 0.868. The van der Waals surface area contributed by atoms with Crippen molar-refractivity contribution in [2.45, 2.75) is 25.8 Å². The minimum atomic E-state index is -0.773. The number of carbonyl (C=O) groups excluding carboxylic acids is 1. The third-order valence-electron chi connectivity index (χ3n) is 7.44. The van der Waals surface area contributed by atoms with E-state index in [-0.39, 0.29) is 23.7 Å². The molecule has 0 radical (unpaired) electrons. The lowest BCUT2D eigenvalue weighted by Gasteiger charge is -2.38. The molecule has 0 unspecified atom stereocenters. The van der Waals surface area contributed by atoms with Gasteiger partial charge in [0.25, 0.3) is 0 Å². The normalized spacial score (nSPS) is 29.4. The highest BCUT2D eigenvalue weighted by molar-refractivity contribution is 5.87. The number of carbonyl (C=O) groups is 2. The molecule has 2 bridgehead atoms. The minimum absolute atomic E-state index is 0.0920. The van der Waals surface area contributed by atoms with Crippen molar-refractivity contribution in [2.24, 2.45) is 23.7 Å². The Morgan fingerprint density at radius 3 is 2.34 bits per heavy atom. The molecule has 3 aliphatic rings. The number of carboxylic acids is 1. The third-order valence-corrected chi connectivity index (χ3v) is 7.44. The molecular weight excluding hydrogens is 364 g/mol. The summed E-state index contributed by atoms with van der Waals surface area (Å²) >= 11 is 0. The molecule has 1 amide bonds. The van der Waals surface area contributed by atoms with Gasteiger partial charge in [-0.2, -0.15) is 0 Å². The number of hydrogen-bond donors (Lipinski definition) is 1. The van der Waals surface area contributed by atoms with Gasteiger partial charge in [0.15, 0.2) is 0 Å². The van der Waals surface area contributed by atoms with E-state index in [0.717, 1.165) is 38.9 Å². The lowest BCUT2D eigenvalue weighted by molar-refractivity contribution is -0.153. The molecule has 2 aromatic rings. The van der Waals surface area contributed by atoms with Gasteiger partial charge in [0.1, 0.15) is 0 Å². The van der Waals surface area contributed by atoms with E-state index >= 15 is 0 Å². The van der Waals surface area contributed by atoms with E-state index < -0.39 is 11.9 Å². The Labute approximate surface area is 171 Å². The number of carboxylic acid groups (broad SMARTS) is 1. The molecule has 2 aliphatic carbocycles. The number of benzene rings is 2. The average molecular weight is 392 g/mol. The molecule has 5 rings (SSSR count). The maximum Gasteiger partial charge on any atom is 0.307 e. The predicted octanol–water partition coefficient (Wildman–Crippen LogP) is 3.23. The fourth-order valence-corrected chi connectivity index (χ4v) is 6.01. The Morgan fingerprint density at radius 1 is 0.897 bits per heavy atom. The number of amides is 1. The second-order valence-corrected chi connectivity index (χ2v) is 8.96. The highest BCUT2D eigenvalue weighted by Crippen LogP contribution is 2.53. The number of hydrogen-bond acceptors (Lipinski definition) is 3. The van der Waals surface area contributed by atoms with E-state index in [9.17, 15) is 14.7 Å². The summed E-state index contributed by atoms with van der Waals surface area (Å²) in [7, 11) is 0.